The average Bonchev–Trinajstić information content (AvgIpc) is 3.34. The van der Waals surface area contributed by atoms with Gasteiger partial charge in [-0.1, -0.05) is 36.4 Å². The summed E-state index contributed by atoms with van der Waals surface area (Å²) in [5, 5.41) is 16.1. The Labute approximate surface area is 165 Å². The van der Waals surface area contributed by atoms with Gasteiger partial charge in [-0.25, -0.2) is 0 Å². The summed E-state index contributed by atoms with van der Waals surface area (Å²) in [6.45, 7) is 0. The summed E-state index contributed by atoms with van der Waals surface area (Å²) < 4.78 is 2.54. The molecular formula is C23H14N2S2. The fourth-order valence-corrected chi connectivity index (χ4v) is 5.22. The molecule has 2 aromatic heterocycles. The van der Waals surface area contributed by atoms with Crippen molar-refractivity contribution in [2.45, 2.75) is 0 Å². The van der Waals surface area contributed by atoms with Crippen LogP contribution in [0.5, 0.6) is 0 Å². The van der Waals surface area contributed by atoms with Gasteiger partial charge in [0.05, 0.1) is 23.0 Å². The molecule has 5 rings (SSSR count). The Bertz CT molecular complexity index is 1220. The van der Waals surface area contributed by atoms with Gasteiger partial charge in [0, 0.05) is 36.6 Å². The molecule has 0 spiro atoms. The second kappa shape index (κ2) is 6.55. The van der Waals surface area contributed by atoms with E-state index in [0.29, 0.717) is 5.56 Å². The first-order valence-electron chi connectivity index (χ1n) is 8.58. The van der Waals surface area contributed by atoms with E-state index in [2.05, 4.69) is 70.3 Å². The van der Waals surface area contributed by atoms with Gasteiger partial charge in [0.25, 0.3) is 0 Å². The maximum Gasteiger partial charge on any atom is 0.0991 e. The molecule has 2 heterocycles. The van der Waals surface area contributed by atoms with Gasteiger partial charge < -0.3 is 4.90 Å². The summed E-state index contributed by atoms with van der Waals surface area (Å²) >= 11 is 3.51. The van der Waals surface area contributed by atoms with E-state index < -0.39 is 0 Å². The predicted octanol–water partition coefficient (Wildman–Crippen LogP) is 7.46. The highest BCUT2D eigenvalue weighted by molar-refractivity contribution is 7.18. The van der Waals surface area contributed by atoms with Crippen LogP contribution in [-0.2, 0) is 0 Å². The van der Waals surface area contributed by atoms with Crippen molar-refractivity contribution in [1.29, 1.82) is 5.26 Å². The monoisotopic (exact) mass is 382 g/mol. The number of nitrogens with zero attached hydrogens (tertiary/aromatic N) is 2. The molecule has 2 nitrogen and oxygen atoms in total. The third kappa shape index (κ3) is 2.69. The van der Waals surface area contributed by atoms with E-state index in [1.54, 1.807) is 22.7 Å². The molecule has 0 radical (unpaired) electrons. The number of hydrogen-bond donors (Lipinski definition) is 0. The zero-order valence-electron chi connectivity index (χ0n) is 14.3. The molecule has 4 heteroatoms. The SMILES string of the molecule is N#Cc1ccc(N(c2csc3ccccc23)c2csc3ccccc23)cc1. The largest absolute Gasteiger partial charge is 0.308 e. The lowest BCUT2D eigenvalue weighted by Gasteiger charge is -2.24. The topological polar surface area (TPSA) is 27.0 Å². The third-order valence-corrected chi connectivity index (χ3v) is 6.56. The molecule has 0 aliphatic rings. The minimum Gasteiger partial charge on any atom is -0.308 e. The first-order chi connectivity index (χ1) is 13.3. The quantitative estimate of drug-likeness (QED) is 0.324. The zero-order chi connectivity index (χ0) is 18.2. The number of hydrogen-bond acceptors (Lipinski definition) is 4. The van der Waals surface area contributed by atoms with E-state index in [1.165, 1.54) is 31.5 Å². The molecule has 3 aromatic carbocycles. The fourth-order valence-electron chi connectivity index (χ4n) is 3.37. The summed E-state index contributed by atoms with van der Waals surface area (Å²) in [5.74, 6) is 0. The number of rotatable bonds is 3. The molecule has 0 aliphatic heterocycles. The lowest BCUT2D eigenvalue weighted by Crippen LogP contribution is -2.08. The molecular weight excluding hydrogens is 368 g/mol. The smallest absolute Gasteiger partial charge is 0.0991 e. The van der Waals surface area contributed by atoms with Crippen molar-refractivity contribution in [2.24, 2.45) is 0 Å². The van der Waals surface area contributed by atoms with Crippen LogP contribution in [0.4, 0.5) is 17.1 Å². The van der Waals surface area contributed by atoms with Crippen molar-refractivity contribution in [3.8, 4) is 6.07 Å². The van der Waals surface area contributed by atoms with E-state index in [1.807, 2.05) is 24.3 Å². The second-order valence-corrected chi connectivity index (χ2v) is 8.05. The van der Waals surface area contributed by atoms with Crippen molar-refractivity contribution in [2.75, 3.05) is 4.90 Å². The number of nitriles is 1. The Morgan fingerprint density at radius 1 is 0.667 bits per heavy atom. The summed E-state index contributed by atoms with van der Waals surface area (Å²) in [6, 6.07) is 27.0. The summed E-state index contributed by atoms with van der Waals surface area (Å²) in [5.41, 5.74) is 4.07. The number of thiophene rings is 2. The van der Waals surface area contributed by atoms with Crippen LogP contribution in [0, 0.1) is 11.3 Å². The van der Waals surface area contributed by atoms with Crippen LogP contribution in [0.15, 0.2) is 83.6 Å². The Kier molecular flexibility index (Phi) is 3.90. The molecule has 0 N–H and O–H groups in total. The Morgan fingerprint density at radius 3 is 1.70 bits per heavy atom. The highest BCUT2D eigenvalue weighted by Gasteiger charge is 2.19. The Hall–Kier alpha value is -3.13. The van der Waals surface area contributed by atoms with E-state index >= 15 is 0 Å². The molecule has 0 saturated heterocycles. The maximum absolute atomic E-state index is 9.16. The molecule has 128 valence electrons. The third-order valence-electron chi connectivity index (χ3n) is 4.66. The van der Waals surface area contributed by atoms with Crippen LogP contribution >= 0.6 is 22.7 Å². The summed E-state index contributed by atoms with van der Waals surface area (Å²) in [4.78, 5) is 2.30. The van der Waals surface area contributed by atoms with Crippen LogP contribution < -0.4 is 4.90 Å². The maximum atomic E-state index is 9.16. The predicted molar refractivity (Wildman–Crippen MR) is 117 cm³/mol. The van der Waals surface area contributed by atoms with Crippen LogP contribution in [0.3, 0.4) is 0 Å². The molecule has 0 saturated carbocycles. The van der Waals surface area contributed by atoms with Crippen LogP contribution in [-0.4, -0.2) is 0 Å². The normalized spacial score (nSPS) is 10.9. The highest BCUT2D eigenvalue weighted by Crippen LogP contribution is 2.45. The summed E-state index contributed by atoms with van der Waals surface area (Å²) in [6.07, 6.45) is 0. The minimum absolute atomic E-state index is 0.670. The minimum atomic E-state index is 0.670. The first kappa shape index (κ1) is 16.1. The van der Waals surface area contributed by atoms with Gasteiger partial charge in [-0.3, -0.25) is 0 Å². The highest BCUT2D eigenvalue weighted by atomic mass is 32.1. The van der Waals surface area contributed by atoms with Gasteiger partial charge in [0.15, 0.2) is 0 Å². The van der Waals surface area contributed by atoms with E-state index in [9.17, 15) is 0 Å². The Balaban J connectivity index is 1.78. The van der Waals surface area contributed by atoms with Gasteiger partial charge in [-0.2, -0.15) is 5.26 Å². The van der Waals surface area contributed by atoms with Crippen molar-refractivity contribution in [3.63, 3.8) is 0 Å². The van der Waals surface area contributed by atoms with Crippen molar-refractivity contribution in [3.05, 3.63) is 89.1 Å². The molecule has 0 atom stereocenters. The van der Waals surface area contributed by atoms with Crippen molar-refractivity contribution in [1.82, 2.24) is 0 Å². The Morgan fingerprint density at radius 2 is 1.19 bits per heavy atom. The van der Waals surface area contributed by atoms with Crippen LogP contribution in [0.25, 0.3) is 20.2 Å². The number of fused-ring (bicyclic) bond motifs is 2. The molecule has 0 bridgehead atoms. The van der Waals surface area contributed by atoms with Crippen LogP contribution in [0.2, 0.25) is 0 Å². The first-order valence-corrected chi connectivity index (χ1v) is 10.3. The van der Waals surface area contributed by atoms with Crippen molar-refractivity contribution < 1.29 is 0 Å². The van der Waals surface area contributed by atoms with Gasteiger partial charge in [-0.15, -0.1) is 22.7 Å². The lowest BCUT2D eigenvalue weighted by atomic mass is 10.1. The number of benzene rings is 3. The number of anilines is 3. The second-order valence-electron chi connectivity index (χ2n) is 6.23. The van der Waals surface area contributed by atoms with E-state index in [4.69, 9.17) is 5.26 Å². The molecule has 5 aromatic rings. The van der Waals surface area contributed by atoms with Gasteiger partial charge >= 0.3 is 0 Å². The molecule has 0 fully saturated rings. The van der Waals surface area contributed by atoms with E-state index in [-0.39, 0.29) is 0 Å². The fraction of sp³-hybridized carbons (Fsp3) is 0. The lowest BCUT2D eigenvalue weighted by molar-refractivity contribution is 1.33. The molecule has 27 heavy (non-hydrogen) atoms. The van der Waals surface area contributed by atoms with Gasteiger partial charge in [-0.05, 0) is 36.4 Å². The zero-order valence-corrected chi connectivity index (χ0v) is 15.9. The van der Waals surface area contributed by atoms with E-state index in [0.717, 1.165) is 5.69 Å². The van der Waals surface area contributed by atoms with Crippen molar-refractivity contribution >= 4 is 59.9 Å². The molecule has 0 unspecified atom stereocenters. The van der Waals surface area contributed by atoms with Gasteiger partial charge in [0.1, 0.15) is 0 Å². The van der Waals surface area contributed by atoms with Crippen LogP contribution in [0.1, 0.15) is 5.56 Å². The summed E-state index contributed by atoms with van der Waals surface area (Å²) in [7, 11) is 0. The molecule has 0 amide bonds. The van der Waals surface area contributed by atoms with Gasteiger partial charge in [0.2, 0.25) is 0 Å². The molecule has 0 aliphatic carbocycles. The standard InChI is InChI=1S/C23H14N2S2/c24-13-16-9-11-17(12-10-16)25(20-14-26-22-7-3-1-5-18(20)22)21-15-27-23-8-4-2-6-19(21)23/h1-12,14-15H. The average molecular weight is 383 g/mol.